The summed E-state index contributed by atoms with van der Waals surface area (Å²) < 4.78 is 7.38. The third kappa shape index (κ3) is 4.42. The minimum absolute atomic E-state index is 0.0996. The van der Waals surface area contributed by atoms with Crippen LogP contribution in [0, 0.1) is 0 Å². The van der Waals surface area contributed by atoms with Gasteiger partial charge in [0, 0.05) is 37.7 Å². The molecule has 23 heavy (non-hydrogen) atoms. The van der Waals surface area contributed by atoms with Gasteiger partial charge < -0.3 is 9.64 Å². The van der Waals surface area contributed by atoms with E-state index in [1.54, 1.807) is 4.68 Å². The van der Waals surface area contributed by atoms with E-state index in [9.17, 15) is 4.79 Å². The first-order valence-corrected chi connectivity index (χ1v) is 9.25. The molecule has 2 aliphatic rings. The molecule has 2 fully saturated rings. The number of amides is 1. The van der Waals surface area contributed by atoms with Crippen molar-refractivity contribution >= 4 is 17.7 Å². The molecule has 1 aromatic heterocycles. The number of nitrogens with zero attached hydrogens (tertiary/aromatic N) is 6. The highest BCUT2D eigenvalue weighted by atomic mass is 32.2. The minimum Gasteiger partial charge on any atom is -0.373 e. The molecule has 0 saturated carbocycles. The molecular formula is C14H24N6O2S. The number of rotatable bonds is 4. The van der Waals surface area contributed by atoms with Gasteiger partial charge in [-0.1, -0.05) is 0 Å². The number of ether oxygens (including phenoxy) is 1. The van der Waals surface area contributed by atoms with Crippen LogP contribution in [0.4, 0.5) is 0 Å². The molecule has 0 aromatic carbocycles. The Morgan fingerprint density at radius 1 is 1.26 bits per heavy atom. The summed E-state index contributed by atoms with van der Waals surface area (Å²) in [5, 5.41) is 11.9. The lowest BCUT2D eigenvalue weighted by atomic mass is 10.2. The zero-order valence-corrected chi connectivity index (χ0v) is 14.5. The van der Waals surface area contributed by atoms with Crippen molar-refractivity contribution in [2.45, 2.75) is 39.1 Å². The number of tetrazole rings is 1. The van der Waals surface area contributed by atoms with Crippen LogP contribution in [-0.4, -0.2) is 85.8 Å². The monoisotopic (exact) mass is 340 g/mol. The van der Waals surface area contributed by atoms with E-state index in [4.69, 9.17) is 4.74 Å². The molecule has 1 aromatic rings. The van der Waals surface area contributed by atoms with Crippen LogP contribution < -0.4 is 0 Å². The van der Waals surface area contributed by atoms with Crippen molar-refractivity contribution in [3.63, 3.8) is 0 Å². The van der Waals surface area contributed by atoms with Gasteiger partial charge in [-0.05, 0) is 24.3 Å². The summed E-state index contributed by atoms with van der Waals surface area (Å²) in [4.78, 5) is 16.6. The first-order valence-electron chi connectivity index (χ1n) is 8.10. The fourth-order valence-corrected chi connectivity index (χ4v) is 4.02. The zero-order valence-electron chi connectivity index (χ0n) is 13.7. The predicted octanol–water partition coefficient (Wildman–Crippen LogP) is -0.142. The molecule has 128 valence electrons. The lowest BCUT2D eigenvalue weighted by molar-refractivity contribution is -0.131. The van der Waals surface area contributed by atoms with Crippen LogP contribution in [0.3, 0.4) is 0 Å². The van der Waals surface area contributed by atoms with E-state index in [1.807, 2.05) is 16.7 Å². The van der Waals surface area contributed by atoms with E-state index >= 15 is 0 Å². The summed E-state index contributed by atoms with van der Waals surface area (Å²) >= 11 is 1.89. The normalized spacial score (nSPS) is 26.4. The van der Waals surface area contributed by atoms with E-state index in [0.29, 0.717) is 6.54 Å². The highest BCUT2D eigenvalue weighted by molar-refractivity contribution is 7.99. The maximum absolute atomic E-state index is 12.4. The van der Waals surface area contributed by atoms with Gasteiger partial charge in [0.1, 0.15) is 6.54 Å². The Morgan fingerprint density at radius 2 is 1.96 bits per heavy atom. The van der Waals surface area contributed by atoms with Gasteiger partial charge in [0.15, 0.2) is 5.82 Å². The molecule has 0 N–H and O–H groups in total. The number of hydrogen-bond donors (Lipinski definition) is 0. The second-order valence-electron chi connectivity index (χ2n) is 6.20. The first-order chi connectivity index (χ1) is 11.1. The third-order valence-corrected chi connectivity index (χ3v) is 5.06. The van der Waals surface area contributed by atoms with Gasteiger partial charge in [-0.15, -0.1) is 5.10 Å². The molecular weight excluding hydrogens is 316 g/mol. The molecule has 9 heteroatoms. The summed E-state index contributed by atoms with van der Waals surface area (Å²) in [6.07, 6.45) is 0.408. The van der Waals surface area contributed by atoms with Gasteiger partial charge in [-0.25, -0.2) is 4.68 Å². The molecule has 1 amide bonds. The van der Waals surface area contributed by atoms with Crippen molar-refractivity contribution in [1.82, 2.24) is 30.0 Å². The number of hydrogen-bond acceptors (Lipinski definition) is 7. The van der Waals surface area contributed by atoms with Crippen LogP contribution in [0.1, 0.15) is 19.7 Å². The van der Waals surface area contributed by atoms with Gasteiger partial charge in [0.05, 0.1) is 18.8 Å². The Bertz CT molecular complexity index is 523. The average Bonchev–Trinajstić information content (AvgIpc) is 2.94. The van der Waals surface area contributed by atoms with Gasteiger partial charge in [0.25, 0.3) is 0 Å². The van der Waals surface area contributed by atoms with Gasteiger partial charge in [-0.2, -0.15) is 11.8 Å². The van der Waals surface area contributed by atoms with Crippen molar-refractivity contribution in [1.29, 1.82) is 0 Å². The van der Waals surface area contributed by atoms with Gasteiger partial charge >= 0.3 is 0 Å². The number of carbonyl (C=O) groups is 1. The maximum atomic E-state index is 12.4. The van der Waals surface area contributed by atoms with E-state index in [1.165, 1.54) is 0 Å². The fourth-order valence-electron chi connectivity index (χ4n) is 3.11. The molecule has 0 radical (unpaired) electrons. The number of carbonyl (C=O) groups excluding carboxylic acids is 1. The molecule has 8 nitrogen and oxygen atoms in total. The molecule has 2 atom stereocenters. The van der Waals surface area contributed by atoms with Gasteiger partial charge in [0.2, 0.25) is 5.91 Å². The van der Waals surface area contributed by atoms with E-state index < -0.39 is 0 Å². The molecule has 3 heterocycles. The number of thioether (sulfide) groups is 1. The van der Waals surface area contributed by atoms with Crippen LogP contribution >= 0.6 is 11.8 Å². The highest BCUT2D eigenvalue weighted by Gasteiger charge is 2.25. The molecule has 2 aliphatic heterocycles. The Hall–Kier alpha value is -1.19. The quantitative estimate of drug-likeness (QED) is 0.755. The zero-order chi connectivity index (χ0) is 16.2. The lowest BCUT2D eigenvalue weighted by Crippen LogP contribution is -2.45. The van der Waals surface area contributed by atoms with E-state index in [-0.39, 0.29) is 24.7 Å². The Kier molecular flexibility index (Phi) is 5.50. The van der Waals surface area contributed by atoms with Crippen LogP contribution in [0.15, 0.2) is 0 Å². The highest BCUT2D eigenvalue weighted by Crippen LogP contribution is 2.13. The van der Waals surface area contributed by atoms with Crippen molar-refractivity contribution in [2.75, 3.05) is 37.7 Å². The van der Waals surface area contributed by atoms with Crippen LogP contribution in [-0.2, 0) is 22.6 Å². The summed E-state index contributed by atoms with van der Waals surface area (Å²) in [7, 11) is 0. The smallest absolute Gasteiger partial charge is 0.244 e. The molecule has 0 unspecified atom stereocenters. The maximum Gasteiger partial charge on any atom is 0.244 e. The van der Waals surface area contributed by atoms with Crippen molar-refractivity contribution in [3.05, 3.63) is 5.82 Å². The Balaban J connectivity index is 1.59. The number of aromatic nitrogens is 4. The standard InChI is InChI=1S/C14H24N6O2S/c1-11-7-18(8-12(2)22-11)9-13-15-16-17-20(13)10-14(21)19-3-5-23-6-4-19/h11-12H,3-10H2,1-2H3/t11-,12+. The summed E-state index contributed by atoms with van der Waals surface area (Å²) in [5.41, 5.74) is 0. The van der Waals surface area contributed by atoms with Gasteiger partial charge in [-0.3, -0.25) is 9.69 Å². The Morgan fingerprint density at radius 3 is 2.65 bits per heavy atom. The SMILES string of the molecule is C[C@@H]1CN(Cc2nnnn2CC(=O)N2CCSCC2)C[C@H](C)O1. The third-order valence-electron chi connectivity index (χ3n) is 4.12. The molecule has 0 aliphatic carbocycles. The van der Waals surface area contributed by atoms with Crippen molar-refractivity contribution < 1.29 is 9.53 Å². The second kappa shape index (κ2) is 7.59. The van der Waals surface area contributed by atoms with Crippen LogP contribution in [0.25, 0.3) is 0 Å². The summed E-state index contributed by atoms with van der Waals surface area (Å²) in [6, 6.07) is 0. The van der Waals surface area contributed by atoms with Crippen LogP contribution in [0.2, 0.25) is 0 Å². The predicted molar refractivity (Wildman–Crippen MR) is 87.0 cm³/mol. The summed E-state index contributed by atoms with van der Waals surface area (Å²) in [6.45, 7) is 8.37. The average molecular weight is 340 g/mol. The summed E-state index contributed by atoms with van der Waals surface area (Å²) in [5.74, 6) is 2.86. The molecule has 0 bridgehead atoms. The first kappa shape index (κ1) is 16.7. The topological polar surface area (TPSA) is 76.4 Å². The van der Waals surface area contributed by atoms with E-state index in [0.717, 1.165) is 43.5 Å². The van der Waals surface area contributed by atoms with Crippen molar-refractivity contribution in [3.8, 4) is 0 Å². The largest absolute Gasteiger partial charge is 0.373 e. The van der Waals surface area contributed by atoms with E-state index in [2.05, 4.69) is 34.3 Å². The minimum atomic E-state index is 0.0996. The fraction of sp³-hybridized carbons (Fsp3) is 0.857. The van der Waals surface area contributed by atoms with Crippen molar-refractivity contribution in [2.24, 2.45) is 0 Å². The molecule has 3 rings (SSSR count). The second-order valence-corrected chi connectivity index (χ2v) is 7.42. The molecule has 2 saturated heterocycles. The lowest BCUT2D eigenvalue weighted by Gasteiger charge is -2.34. The Labute approximate surface area is 140 Å². The molecule has 0 spiro atoms. The number of morpholine rings is 1. The van der Waals surface area contributed by atoms with Crippen LogP contribution in [0.5, 0.6) is 0 Å².